The van der Waals surface area contributed by atoms with Gasteiger partial charge < -0.3 is 9.72 Å². The van der Waals surface area contributed by atoms with Crippen molar-refractivity contribution < 1.29 is 14.3 Å². The number of aromatic nitrogens is 2. The molecule has 3 rings (SSSR count). The third-order valence-corrected chi connectivity index (χ3v) is 4.31. The van der Waals surface area contributed by atoms with Gasteiger partial charge in [0.25, 0.3) is 5.91 Å². The number of methoxy groups -OCH3 is 1. The van der Waals surface area contributed by atoms with Crippen LogP contribution in [0.2, 0.25) is 5.02 Å². The minimum absolute atomic E-state index is 0.328. The lowest BCUT2D eigenvalue weighted by Crippen LogP contribution is -2.12. The van der Waals surface area contributed by atoms with Crippen molar-refractivity contribution in [1.82, 2.24) is 9.97 Å². The lowest BCUT2D eigenvalue weighted by molar-refractivity contribution is 0.0594. The predicted octanol–water partition coefficient (Wildman–Crippen LogP) is 3.83. The number of H-pyrrole nitrogens is 1. The Balaban J connectivity index is 1.76. The van der Waals surface area contributed by atoms with Crippen LogP contribution in [0.4, 0.5) is 5.13 Å². The summed E-state index contributed by atoms with van der Waals surface area (Å²) in [6.45, 7) is 0. The van der Waals surface area contributed by atoms with E-state index in [1.54, 1.807) is 41.9 Å². The Bertz CT molecular complexity index is 903. The van der Waals surface area contributed by atoms with Crippen LogP contribution in [0.1, 0.15) is 20.8 Å². The van der Waals surface area contributed by atoms with Gasteiger partial charge in [0.05, 0.1) is 23.4 Å². The first-order valence-corrected chi connectivity index (χ1v) is 8.12. The highest BCUT2D eigenvalue weighted by Gasteiger charge is 2.14. The van der Waals surface area contributed by atoms with Crippen molar-refractivity contribution in [3.63, 3.8) is 0 Å². The van der Waals surface area contributed by atoms with Crippen molar-refractivity contribution in [2.24, 2.45) is 0 Å². The molecule has 24 heavy (non-hydrogen) atoms. The summed E-state index contributed by atoms with van der Waals surface area (Å²) in [7, 11) is 1.31. The number of nitrogens with zero attached hydrogens (tertiary/aromatic N) is 1. The number of ether oxygens (including phenoxy) is 1. The van der Waals surface area contributed by atoms with E-state index >= 15 is 0 Å². The molecule has 2 heterocycles. The van der Waals surface area contributed by atoms with E-state index in [1.807, 2.05) is 0 Å². The summed E-state index contributed by atoms with van der Waals surface area (Å²) in [6, 6.07) is 8.42. The summed E-state index contributed by atoms with van der Waals surface area (Å²) < 4.78 is 4.65. The molecule has 0 aliphatic heterocycles. The SMILES string of the molecule is COC(=O)c1cc(-c2csc(NC(=O)c3ccccc3Cl)n2)c[nH]1. The number of hydrogen-bond acceptors (Lipinski definition) is 5. The Kier molecular flexibility index (Phi) is 4.64. The number of esters is 1. The quantitative estimate of drug-likeness (QED) is 0.692. The Morgan fingerprint density at radius 2 is 2.12 bits per heavy atom. The van der Waals surface area contributed by atoms with E-state index in [2.05, 4.69) is 20.0 Å². The first-order valence-electron chi connectivity index (χ1n) is 6.87. The molecule has 122 valence electrons. The number of anilines is 1. The maximum absolute atomic E-state index is 12.2. The number of amides is 1. The molecule has 0 saturated heterocycles. The van der Waals surface area contributed by atoms with E-state index in [9.17, 15) is 9.59 Å². The zero-order chi connectivity index (χ0) is 17.1. The molecule has 0 unspecified atom stereocenters. The van der Waals surface area contributed by atoms with Crippen LogP contribution in [0, 0.1) is 0 Å². The van der Waals surface area contributed by atoms with Crippen LogP contribution < -0.4 is 5.32 Å². The molecule has 0 aliphatic rings. The highest BCUT2D eigenvalue weighted by Crippen LogP contribution is 2.26. The van der Waals surface area contributed by atoms with Crippen molar-refractivity contribution >= 4 is 39.9 Å². The minimum Gasteiger partial charge on any atom is -0.464 e. The average molecular weight is 362 g/mol. The molecule has 0 radical (unpaired) electrons. The number of halogens is 1. The molecule has 0 fully saturated rings. The van der Waals surface area contributed by atoms with Crippen LogP contribution in [-0.2, 0) is 4.74 Å². The van der Waals surface area contributed by atoms with E-state index in [0.717, 1.165) is 5.56 Å². The number of rotatable bonds is 4. The van der Waals surface area contributed by atoms with E-state index in [0.29, 0.717) is 27.1 Å². The largest absolute Gasteiger partial charge is 0.464 e. The van der Waals surface area contributed by atoms with Gasteiger partial charge in [0, 0.05) is 17.1 Å². The van der Waals surface area contributed by atoms with Gasteiger partial charge in [-0.25, -0.2) is 9.78 Å². The molecule has 0 saturated carbocycles. The second-order valence-electron chi connectivity index (χ2n) is 4.77. The number of hydrogen-bond donors (Lipinski definition) is 2. The molecule has 0 atom stereocenters. The number of benzene rings is 1. The van der Waals surface area contributed by atoms with Gasteiger partial charge in [-0.1, -0.05) is 23.7 Å². The van der Waals surface area contributed by atoms with Crippen molar-refractivity contribution in [3.8, 4) is 11.3 Å². The highest BCUT2D eigenvalue weighted by atomic mass is 35.5. The molecule has 1 amide bonds. The van der Waals surface area contributed by atoms with Crippen LogP contribution in [0.15, 0.2) is 41.9 Å². The lowest BCUT2D eigenvalue weighted by Gasteiger charge is -2.03. The molecule has 8 heteroatoms. The third kappa shape index (κ3) is 3.32. The van der Waals surface area contributed by atoms with Gasteiger partial charge >= 0.3 is 5.97 Å². The summed E-state index contributed by atoms with van der Waals surface area (Å²) in [5, 5.41) is 5.31. The maximum atomic E-state index is 12.2. The minimum atomic E-state index is -0.455. The van der Waals surface area contributed by atoms with Crippen LogP contribution in [0.5, 0.6) is 0 Å². The van der Waals surface area contributed by atoms with E-state index in [4.69, 9.17) is 11.6 Å². The Morgan fingerprint density at radius 1 is 1.33 bits per heavy atom. The number of carbonyl (C=O) groups excluding carboxylic acids is 2. The molecule has 0 spiro atoms. The van der Waals surface area contributed by atoms with Crippen molar-refractivity contribution in [2.75, 3.05) is 12.4 Å². The van der Waals surface area contributed by atoms with Crippen LogP contribution in [0.25, 0.3) is 11.3 Å². The molecule has 6 nitrogen and oxygen atoms in total. The van der Waals surface area contributed by atoms with Crippen LogP contribution >= 0.6 is 22.9 Å². The van der Waals surface area contributed by atoms with Gasteiger partial charge in [0.1, 0.15) is 5.69 Å². The Labute approximate surface area is 146 Å². The normalized spacial score (nSPS) is 10.4. The van der Waals surface area contributed by atoms with E-state index in [1.165, 1.54) is 18.4 Å². The van der Waals surface area contributed by atoms with Crippen molar-refractivity contribution in [2.45, 2.75) is 0 Å². The van der Waals surface area contributed by atoms with Crippen LogP contribution in [-0.4, -0.2) is 29.0 Å². The molecule has 0 bridgehead atoms. The summed E-state index contributed by atoms with van der Waals surface area (Å²) in [6.07, 6.45) is 1.65. The number of thiazole rings is 1. The lowest BCUT2D eigenvalue weighted by atomic mass is 10.2. The van der Waals surface area contributed by atoms with E-state index in [-0.39, 0.29) is 5.91 Å². The number of aromatic amines is 1. The highest BCUT2D eigenvalue weighted by molar-refractivity contribution is 7.14. The van der Waals surface area contributed by atoms with Gasteiger partial charge in [-0.2, -0.15) is 0 Å². The molecule has 2 aromatic heterocycles. The van der Waals surface area contributed by atoms with Gasteiger partial charge in [-0.3, -0.25) is 10.1 Å². The van der Waals surface area contributed by atoms with E-state index < -0.39 is 5.97 Å². The molecule has 3 aromatic rings. The zero-order valence-corrected chi connectivity index (χ0v) is 14.1. The van der Waals surface area contributed by atoms with Crippen LogP contribution in [0.3, 0.4) is 0 Å². The smallest absolute Gasteiger partial charge is 0.354 e. The second-order valence-corrected chi connectivity index (χ2v) is 6.03. The van der Waals surface area contributed by atoms with Crippen molar-refractivity contribution in [1.29, 1.82) is 0 Å². The summed E-state index contributed by atoms with van der Waals surface area (Å²) in [5.41, 5.74) is 2.08. The molecule has 2 N–H and O–H groups in total. The fraction of sp³-hybridized carbons (Fsp3) is 0.0625. The number of carbonyl (C=O) groups is 2. The van der Waals surface area contributed by atoms with Gasteiger partial charge in [-0.05, 0) is 18.2 Å². The van der Waals surface area contributed by atoms with Gasteiger partial charge in [0.15, 0.2) is 5.13 Å². The first kappa shape index (κ1) is 16.2. The fourth-order valence-corrected chi connectivity index (χ4v) is 2.98. The topological polar surface area (TPSA) is 84.1 Å². The molecular formula is C16H12ClN3O3S. The zero-order valence-electron chi connectivity index (χ0n) is 12.5. The molecule has 0 aliphatic carbocycles. The Morgan fingerprint density at radius 3 is 2.88 bits per heavy atom. The summed E-state index contributed by atoms with van der Waals surface area (Å²) in [5.74, 6) is -0.783. The predicted molar refractivity (Wildman–Crippen MR) is 92.6 cm³/mol. The summed E-state index contributed by atoms with van der Waals surface area (Å²) in [4.78, 5) is 30.8. The fourth-order valence-electron chi connectivity index (χ4n) is 2.04. The van der Waals surface area contributed by atoms with Gasteiger partial charge in [0.2, 0.25) is 0 Å². The second kappa shape index (κ2) is 6.86. The van der Waals surface area contributed by atoms with Gasteiger partial charge in [-0.15, -0.1) is 11.3 Å². The average Bonchev–Trinajstić information content (AvgIpc) is 3.23. The first-order chi connectivity index (χ1) is 11.6. The number of nitrogens with one attached hydrogen (secondary N) is 2. The Hall–Kier alpha value is -2.64. The molecule has 1 aromatic carbocycles. The standard InChI is InChI=1S/C16H12ClN3O3S/c1-23-15(22)12-6-9(7-18-12)13-8-24-16(19-13)20-14(21)10-4-2-3-5-11(10)17/h2-8,18H,1H3,(H,19,20,21). The molecular weight excluding hydrogens is 350 g/mol. The summed E-state index contributed by atoms with van der Waals surface area (Å²) >= 11 is 7.29. The maximum Gasteiger partial charge on any atom is 0.354 e. The van der Waals surface area contributed by atoms with Crippen molar-refractivity contribution in [3.05, 3.63) is 58.2 Å². The third-order valence-electron chi connectivity index (χ3n) is 3.23. The monoisotopic (exact) mass is 361 g/mol.